The third-order valence-corrected chi connectivity index (χ3v) is 6.99. The molecule has 4 aromatic rings. The number of rotatable bonds is 8. The minimum absolute atomic E-state index is 0.0295. The van der Waals surface area contributed by atoms with Crippen LogP contribution in [0.5, 0.6) is 11.5 Å². The number of hydrogen-bond donors (Lipinski definition) is 0. The van der Waals surface area contributed by atoms with Gasteiger partial charge in [0.25, 0.3) is 0 Å². The zero-order valence-corrected chi connectivity index (χ0v) is 24.6. The second-order valence-corrected chi connectivity index (χ2v) is 11.6. The van der Waals surface area contributed by atoms with Crippen LogP contribution in [-0.4, -0.2) is 11.6 Å². The molecule has 7 heteroatoms. The summed E-state index contributed by atoms with van der Waals surface area (Å²) in [5.41, 5.74) is 3.10. The molecule has 0 spiro atoms. The first-order chi connectivity index (χ1) is 16.7. The van der Waals surface area contributed by atoms with E-state index in [-0.39, 0.29) is 11.6 Å². The minimum atomic E-state index is 0.0295. The fraction of sp³-hybridized carbons (Fsp3) is 0.0714. The molecule has 3 nitrogen and oxygen atoms in total. The summed E-state index contributed by atoms with van der Waals surface area (Å²) in [5.74, 6) is 1.29. The van der Waals surface area contributed by atoms with Crippen LogP contribution in [0.25, 0.3) is 0 Å². The van der Waals surface area contributed by atoms with Gasteiger partial charge in [0.05, 0.1) is 0 Å². The topological polar surface area (TPSA) is 43.4 Å². The van der Waals surface area contributed by atoms with Crippen LogP contribution in [0.1, 0.15) is 31.8 Å². The van der Waals surface area contributed by atoms with E-state index in [2.05, 4.69) is 63.7 Å². The van der Waals surface area contributed by atoms with Gasteiger partial charge in [-0.3, -0.25) is 9.59 Å². The third-order valence-electron chi connectivity index (χ3n) is 5.16. The Hall–Kier alpha value is -2.06. The van der Waals surface area contributed by atoms with Gasteiger partial charge in [0.15, 0.2) is 11.6 Å². The van der Waals surface area contributed by atoms with Crippen molar-refractivity contribution in [1.29, 1.82) is 0 Å². The molecule has 0 aliphatic carbocycles. The Labute approximate surface area is 237 Å². The molecule has 0 aromatic heterocycles. The van der Waals surface area contributed by atoms with Crippen molar-refractivity contribution in [3.05, 3.63) is 125 Å². The van der Waals surface area contributed by atoms with Gasteiger partial charge < -0.3 is 4.74 Å². The molecule has 35 heavy (non-hydrogen) atoms. The van der Waals surface area contributed by atoms with Gasteiger partial charge >= 0.3 is 0 Å². The van der Waals surface area contributed by atoms with Crippen molar-refractivity contribution >= 4 is 75.3 Å². The molecule has 0 N–H and O–H groups in total. The van der Waals surface area contributed by atoms with E-state index in [4.69, 9.17) is 4.74 Å². The van der Waals surface area contributed by atoms with Crippen LogP contribution in [0.15, 0.2) is 103 Å². The maximum absolute atomic E-state index is 12.7. The van der Waals surface area contributed by atoms with Gasteiger partial charge in [0.1, 0.15) is 11.5 Å². The van der Waals surface area contributed by atoms with E-state index in [0.717, 1.165) is 29.0 Å². The summed E-state index contributed by atoms with van der Waals surface area (Å²) in [5, 5.41) is 0. The molecule has 0 aliphatic heterocycles. The Morgan fingerprint density at radius 1 is 0.514 bits per heavy atom. The molecular weight excluding hydrogens is 704 g/mol. The Bertz CT molecular complexity index is 1230. The molecular formula is C28H18Br4O3. The standard InChI is InChI=1S/C28H18Br4O3/c29-21-9-17(10-22(30)15-21)13-27(33)19-1-5-25(6-2-19)35-26-7-3-20(4-8-26)28(34)14-18-11-23(31)16-24(32)12-18/h1-12,15-16H,13-14H2. The summed E-state index contributed by atoms with van der Waals surface area (Å²) in [6, 6.07) is 25.8. The van der Waals surface area contributed by atoms with E-state index in [1.807, 2.05) is 36.4 Å². The van der Waals surface area contributed by atoms with Gasteiger partial charge in [-0.2, -0.15) is 0 Å². The van der Waals surface area contributed by atoms with Gasteiger partial charge in [0.2, 0.25) is 0 Å². The quantitative estimate of drug-likeness (QED) is 0.170. The van der Waals surface area contributed by atoms with E-state index in [1.165, 1.54) is 0 Å². The van der Waals surface area contributed by atoms with Crippen LogP contribution >= 0.6 is 63.7 Å². The highest BCUT2D eigenvalue weighted by Gasteiger charge is 2.11. The number of ketones is 2. The van der Waals surface area contributed by atoms with Crippen molar-refractivity contribution < 1.29 is 14.3 Å². The highest BCUT2D eigenvalue weighted by molar-refractivity contribution is 9.11. The fourth-order valence-electron chi connectivity index (χ4n) is 3.55. The van der Waals surface area contributed by atoms with Crippen molar-refractivity contribution in [2.24, 2.45) is 0 Å². The smallest absolute Gasteiger partial charge is 0.167 e. The Kier molecular flexibility index (Phi) is 8.76. The number of benzene rings is 4. The van der Waals surface area contributed by atoms with E-state index in [9.17, 15) is 9.59 Å². The number of hydrogen-bond acceptors (Lipinski definition) is 3. The lowest BCUT2D eigenvalue weighted by Gasteiger charge is -2.08. The van der Waals surface area contributed by atoms with Crippen molar-refractivity contribution in [3.8, 4) is 11.5 Å². The summed E-state index contributed by atoms with van der Waals surface area (Å²) in [7, 11) is 0. The zero-order valence-electron chi connectivity index (χ0n) is 18.2. The van der Waals surface area contributed by atoms with Crippen LogP contribution in [-0.2, 0) is 12.8 Å². The van der Waals surface area contributed by atoms with Gasteiger partial charge in [-0.15, -0.1) is 0 Å². The summed E-state index contributed by atoms with van der Waals surface area (Å²) in [6.07, 6.45) is 0.620. The largest absolute Gasteiger partial charge is 0.457 e. The van der Waals surface area contributed by atoms with Gasteiger partial charge in [0, 0.05) is 41.9 Å². The minimum Gasteiger partial charge on any atom is -0.457 e. The van der Waals surface area contributed by atoms with Crippen LogP contribution in [0, 0.1) is 0 Å². The van der Waals surface area contributed by atoms with Crippen LogP contribution in [0.4, 0.5) is 0 Å². The molecule has 4 aromatic carbocycles. The number of ether oxygens (including phenoxy) is 1. The van der Waals surface area contributed by atoms with E-state index in [1.54, 1.807) is 48.5 Å². The average Bonchev–Trinajstić information content (AvgIpc) is 2.78. The summed E-state index contributed by atoms with van der Waals surface area (Å²) >= 11 is 13.8. The molecule has 0 bridgehead atoms. The Morgan fingerprint density at radius 3 is 1.14 bits per heavy atom. The Morgan fingerprint density at radius 2 is 0.829 bits per heavy atom. The molecule has 0 amide bonds. The predicted molar refractivity (Wildman–Crippen MR) is 153 cm³/mol. The summed E-state index contributed by atoms with van der Waals surface area (Å²) in [4.78, 5) is 25.3. The van der Waals surface area contributed by atoms with Crippen molar-refractivity contribution in [1.82, 2.24) is 0 Å². The highest BCUT2D eigenvalue weighted by atomic mass is 79.9. The summed E-state index contributed by atoms with van der Waals surface area (Å²) < 4.78 is 9.59. The SMILES string of the molecule is O=C(Cc1cc(Br)cc(Br)c1)c1ccc(Oc2ccc(C(=O)Cc3cc(Br)cc(Br)c3)cc2)cc1. The maximum Gasteiger partial charge on any atom is 0.167 e. The molecule has 0 fully saturated rings. The molecule has 0 unspecified atom stereocenters. The maximum atomic E-state index is 12.7. The molecule has 0 atom stereocenters. The highest BCUT2D eigenvalue weighted by Crippen LogP contribution is 2.25. The first kappa shape index (κ1) is 26.0. The zero-order chi connectivity index (χ0) is 24.9. The molecule has 0 saturated carbocycles. The first-order valence-corrected chi connectivity index (χ1v) is 13.8. The number of Topliss-reactive ketones (excluding diaryl/α,β-unsaturated/α-hetero) is 2. The van der Waals surface area contributed by atoms with Crippen molar-refractivity contribution in [2.45, 2.75) is 12.8 Å². The predicted octanol–water partition coefficient (Wildman–Crippen LogP) is 9.38. The van der Waals surface area contributed by atoms with Gasteiger partial charge in [-0.25, -0.2) is 0 Å². The Balaban J connectivity index is 1.37. The second kappa shape index (κ2) is 11.8. The second-order valence-electron chi connectivity index (χ2n) is 7.91. The molecule has 0 radical (unpaired) electrons. The van der Waals surface area contributed by atoms with Crippen molar-refractivity contribution in [2.75, 3.05) is 0 Å². The fourth-order valence-corrected chi connectivity index (χ4v) is 6.33. The monoisotopic (exact) mass is 718 g/mol. The number of halogens is 4. The number of carbonyl (C=O) groups excluding carboxylic acids is 2. The van der Waals surface area contributed by atoms with Crippen LogP contribution < -0.4 is 4.74 Å². The van der Waals surface area contributed by atoms with Crippen molar-refractivity contribution in [3.63, 3.8) is 0 Å². The van der Waals surface area contributed by atoms with E-state index < -0.39 is 0 Å². The number of carbonyl (C=O) groups is 2. The van der Waals surface area contributed by atoms with E-state index >= 15 is 0 Å². The lowest BCUT2D eigenvalue weighted by Crippen LogP contribution is -2.04. The van der Waals surface area contributed by atoms with Crippen LogP contribution in [0.2, 0.25) is 0 Å². The van der Waals surface area contributed by atoms with Crippen LogP contribution in [0.3, 0.4) is 0 Å². The molecule has 0 aliphatic rings. The average molecular weight is 722 g/mol. The molecule has 0 saturated heterocycles. The molecule has 176 valence electrons. The summed E-state index contributed by atoms with van der Waals surface area (Å²) in [6.45, 7) is 0. The van der Waals surface area contributed by atoms with Gasteiger partial charge in [-0.1, -0.05) is 63.7 Å². The lowest BCUT2D eigenvalue weighted by molar-refractivity contribution is 0.0984. The molecule has 0 heterocycles. The molecule has 4 rings (SSSR count). The van der Waals surface area contributed by atoms with E-state index in [0.29, 0.717) is 35.5 Å². The van der Waals surface area contributed by atoms with Gasteiger partial charge in [-0.05, 0) is 96.1 Å². The lowest BCUT2D eigenvalue weighted by atomic mass is 10.0. The normalized spacial score (nSPS) is 10.7. The first-order valence-electron chi connectivity index (χ1n) is 10.6. The third kappa shape index (κ3) is 7.46.